The standard InChI is InChI=1S/C17H26N3O9P/c1-9(2)28-13-11(5-6-30(24,25)26)29-16(14(13)27-8-12(21)18-4)20-7-10(3)15(22)19-17(20)23/h5-7,9,11,13-14,16H,8H2,1-4H3,(H,18,21)(H,19,22,23)(H2,24,25,26)/b6-5+/t11-,13+,14?,16-/m1/s1. The van der Waals surface area contributed by atoms with Gasteiger partial charge in [-0.05, 0) is 26.8 Å². The molecule has 1 unspecified atom stereocenters. The topological polar surface area (TPSA) is 169 Å². The van der Waals surface area contributed by atoms with Crippen molar-refractivity contribution in [2.24, 2.45) is 0 Å². The van der Waals surface area contributed by atoms with Crippen LogP contribution in [0.15, 0.2) is 27.7 Å². The van der Waals surface area contributed by atoms with Crippen LogP contribution in [0, 0.1) is 6.92 Å². The Morgan fingerprint density at radius 2 is 2.07 bits per heavy atom. The quantitative estimate of drug-likeness (QED) is 0.379. The molecule has 13 heteroatoms. The molecule has 1 aliphatic heterocycles. The SMILES string of the molecule is CNC(=O)COC1[C@@H](OC(C)C)[C@@H](/C=C/P(=O)(O)O)O[C@H]1n1cc(C)c(=O)[nH]c1=O. The molecule has 1 aromatic rings. The fourth-order valence-electron chi connectivity index (χ4n) is 2.91. The normalized spacial score (nSPS) is 24.6. The summed E-state index contributed by atoms with van der Waals surface area (Å²) < 4.78 is 29.7. The molecular weight excluding hydrogens is 421 g/mol. The predicted molar refractivity (Wildman–Crippen MR) is 105 cm³/mol. The van der Waals surface area contributed by atoms with Gasteiger partial charge in [-0.3, -0.25) is 23.7 Å². The molecule has 0 aromatic carbocycles. The van der Waals surface area contributed by atoms with Gasteiger partial charge in [-0.15, -0.1) is 0 Å². The number of amides is 1. The summed E-state index contributed by atoms with van der Waals surface area (Å²) in [6.07, 6.45) is -1.95. The van der Waals surface area contributed by atoms with Gasteiger partial charge < -0.3 is 29.3 Å². The van der Waals surface area contributed by atoms with Gasteiger partial charge in [-0.2, -0.15) is 0 Å². The number of aryl methyl sites for hydroxylation is 1. The van der Waals surface area contributed by atoms with Crippen molar-refractivity contribution in [3.05, 3.63) is 44.5 Å². The van der Waals surface area contributed by atoms with E-state index in [1.165, 1.54) is 20.2 Å². The zero-order chi connectivity index (χ0) is 22.6. The molecule has 1 saturated heterocycles. The zero-order valence-corrected chi connectivity index (χ0v) is 17.9. The van der Waals surface area contributed by atoms with Gasteiger partial charge >= 0.3 is 13.3 Å². The number of nitrogens with one attached hydrogen (secondary N) is 2. The van der Waals surface area contributed by atoms with E-state index in [9.17, 15) is 18.9 Å². The van der Waals surface area contributed by atoms with E-state index in [1.807, 2.05) is 0 Å². The van der Waals surface area contributed by atoms with E-state index >= 15 is 0 Å². The van der Waals surface area contributed by atoms with Crippen LogP contribution in [0.1, 0.15) is 25.6 Å². The van der Waals surface area contributed by atoms with E-state index in [1.54, 1.807) is 13.8 Å². The minimum atomic E-state index is -4.49. The third-order valence-electron chi connectivity index (χ3n) is 4.23. The highest BCUT2D eigenvalue weighted by Gasteiger charge is 2.47. The molecule has 1 amide bonds. The number of nitrogens with zero attached hydrogens (tertiary/aromatic N) is 1. The van der Waals surface area contributed by atoms with Crippen LogP contribution < -0.4 is 16.6 Å². The van der Waals surface area contributed by atoms with Crippen LogP contribution in [-0.4, -0.2) is 63.3 Å². The Balaban J connectivity index is 2.50. The van der Waals surface area contributed by atoms with Crippen LogP contribution in [0.4, 0.5) is 0 Å². The molecule has 0 bridgehead atoms. The Labute approximate surface area is 172 Å². The van der Waals surface area contributed by atoms with Gasteiger partial charge in [-0.25, -0.2) is 4.79 Å². The van der Waals surface area contributed by atoms with Crippen molar-refractivity contribution in [1.82, 2.24) is 14.9 Å². The van der Waals surface area contributed by atoms with E-state index < -0.39 is 49.3 Å². The molecule has 1 aliphatic rings. The summed E-state index contributed by atoms with van der Waals surface area (Å²) in [5.74, 6) is 0.240. The average molecular weight is 447 g/mol. The maximum atomic E-state index is 12.4. The lowest BCUT2D eigenvalue weighted by Gasteiger charge is -2.26. The van der Waals surface area contributed by atoms with Gasteiger partial charge in [0.15, 0.2) is 6.23 Å². The Hall–Kier alpha value is -2.08. The van der Waals surface area contributed by atoms with Crippen LogP contribution >= 0.6 is 7.60 Å². The van der Waals surface area contributed by atoms with Crippen LogP contribution in [0.2, 0.25) is 0 Å². The molecule has 0 aliphatic carbocycles. The van der Waals surface area contributed by atoms with Crippen LogP contribution in [0.25, 0.3) is 0 Å². The maximum Gasteiger partial charge on any atom is 0.348 e. The van der Waals surface area contributed by atoms with Crippen LogP contribution in [-0.2, 0) is 23.6 Å². The smallest absolute Gasteiger partial charge is 0.348 e. The lowest BCUT2D eigenvalue weighted by molar-refractivity contribution is -0.135. The fraction of sp³-hybridized carbons (Fsp3) is 0.588. The molecular formula is C17H26N3O9P. The second-order valence-electron chi connectivity index (χ2n) is 7.00. The Morgan fingerprint density at radius 3 is 2.63 bits per heavy atom. The van der Waals surface area contributed by atoms with Gasteiger partial charge in [0, 0.05) is 24.6 Å². The van der Waals surface area contributed by atoms with E-state index in [0.29, 0.717) is 5.82 Å². The summed E-state index contributed by atoms with van der Waals surface area (Å²) in [6.45, 7) is 4.61. The molecule has 168 valence electrons. The molecule has 0 radical (unpaired) electrons. The summed E-state index contributed by atoms with van der Waals surface area (Å²) in [4.78, 5) is 56.3. The minimum absolute atomic E-state index is 0.235. The first-order chi connectivity index (χ1) is 13.9. The monoisotopic (exact) mass is 447 g/mol. The van der Waals surface area contributed by atoms with Crippen LogP contribution in [0.3, 0.4) is 0 Å². The largest absolute Gasteiger partial charge is 0.370 e. The number of hydrogen-bond donors (Lipinski definition) is 4. The molecule has 4 N–H and O–H groups in total. The number of H-pyrrole nitrogens is 1. The van der Waals surface area contributed by atoms with Crippen molar-refractivity contribution in [2.45, 2.75) is 51.4 Å². The van der Waals surface area contributed by atoms with Crippen molar-refractivity contribution in [2.75, 3.05) is 13.7 Å². The Bertz CT molecular complexity index is 949. The van der Waals surface area contributed by atoms with E-state index in [0.717, 1.165) is 10.6 Å². The number of aromatic amines is 1. The Morgan fingerprint density at radius 1 is 1.40 bits per heavy atom. The number of likely N-dealkylation sites (N-methyl/N-ethyl adjacent to an activating group) is 1. The second kappa shape index (κ2) is 9.82. The molecule has 2 rings (SSSR count). The molecule has 0 spiro atoms. The highest BCUT2D eigenvalue weighted by Crippen LogP contribution is 2.39. The molecule has 12 nitrogen and oxygen atoms in total. The lowest BCUT2D eigenvalue weighted by atomic mass is 10.1. The van der Waals surface area contributed by atoms with E-state index in [4.69, 9.17) is 24.0 Å². The molecule has 1 fully saturated rings. The first kappa shape index (κ1) is 24.2. The van der Waals surface area contributed by atoms with Crippen LogP contribution in [0.5, 0.6) is 0 Å². The van der Waals surface area contributed by atoms with Gasteiger partial charge in [0.1, 0.15) is 24.9 Å². The second-order valence-corrected chi connectivity index (χ2v) is 8.48. The number of rotatable bonds is 8. The third-order valence-corrected chi connectivity index (χ3v) is 4.79. The fourth-order valence-corrected chi connectivity index (χ4v) is 3.30. The molecule has 1 aromatic heterocycles. The summed E-state index contributed by atoms with van der Waals surface area (Å²) >= 11 is 0. The van der Waals surface area contributed by atoms with E-state index in [2.05, 4.69) is 10.3 Å². The van der Waals surface area contributed by atoms with Gasteiger partial charge in [0.05, 0.1) is 6.10 Å². The summed E-state index contributed by atoms with van der Waals surface area (Å²) in [5, 5.41) is 2.40. The maximum absolute atomic E-state index is 12.4. The van der Waals surface area contributed by atoms with E-state index in [-0.39, 0.29) is 18.3 Å². The first-order valence-electron chi connectivity index (χ1n) is 9.12. The van der Waals surface area contributed by atoms with Gasteiger partial charge in [0.25, 0.3) is 5.56 Å². The highest BCUT2D eigenvalue weighted by molar-refractivity contribution is 7.55. The first-order valence-corrected chi connectivity index (χ1v) is 10.8. The number of ether oxygens (including phenoxy) is 3. The summed E-state index contributed by atoms with van der Waals surface area (Å²) in [5.41, 5.74) is -1.10. The lowest BCUT2D eigenvalue weighted by Crippen LogP contribution is -2.42. The molecule has 0 saturated carbocycles. The van der Waals surface area contributed by atoms with Gasteiger partial charge in [-0.1, -0.05) is 0 Å². The molecule has 30 heavy (non-hydrogen) atoms. The summed E-state index contributed by atoms with van der Waals surface area (Å²) in [7, 11) is -3.06. The number of hydrogen-bond acceptors (Lipinski definition) is 7. The average Bonchev–Trinajstić information content (AvgIpc) is 2.97. The predicted octanol–water partition coefficient (Wildman–Crippen LogP) is -0.641. The molecule has 4 atom stereocenters. The van der Waals surface area contributed by atoms with Crippen molar-refractivity contribution in [1.29, 1.82) is 0 Å². The number of carbonyl (C=O) groups excluding carboxylic acids is 1. The summed E-state index contributed by atoms with van der Waals surface area (Å²) in [6, 6.07) is 0. The Kier molecular flexibility index (Phi) is 7.92. The van der Waals surface area contributed by atoms with Crippen molar-refractivity contribution < 1.29 is 33.4 Å². The van der Waals surface area contributed by atoms with Crippen molar-refractivity contribution >= 4 is 13.5 Å². The molecule has 2 heterocycles. The highest BCUT2D eigenvalue weighted by atomic mass is 31.2. The minimum Gasteiger partial charge on any atom is -0.370 e. The van der Waals surface area contributed by atoms with Gasteiger partial charge in [0.2, 0.25) is 5.91 Å². The number of carbonyl (C=O) groups is 1. The third kappa shape index (κ3) is 6.21. The zero-order valence-electron chi connectivity index (χ0n) is 17.0. The number of aromatic nitrogens is 2. The van der Waals surface area contributed by atoms with Crippen molar-refractivity contribution in [3.63, 3.8) is 0 Å². The van der Waals surface area contributed by atoms with Crippen molar-refractivity contribution in [3.8, 4) is 0 Å².